The molecule has 106 valence electrons. The van der Waals surface area contributed by atoms with Gasteiger partial charge in [0.2, 0.25) is 5.91 Å². The molecule has 0 rings (SSSR count). The summed E-state index contributed by atoms with van der Waals surface area (Å²) in [6.45, 7) is 9.21. The third-order valence-corrected chi connectivity index (χ3v) is 2.40. The van der Waals surface area contributed by atoms with Gasteiger partial charge in [0, 0.05) is 6.42 Å². The molecule has 0 aliphatic carbocycles. The van der Waals surface area contributed by atoms with Gasteiger partial charge in [-0.15, -0.1) is 0 Å². The molecule has 0 saturated carbocycles. The summed E-state index contributed by atoms with van der Waals surface area (Å²) in [4.78, 5) is 23.2. The van der Waals surface area contributed by atoms with Crippen molar-refractivity contribution in [2.75, 3.05) is 0 Å². The van der Waals surface area contributed by atoms with E-state index in [1.807, 2.05) is 20.8 Å². The standard InChI is InChI=1S/C14H27NO3/c1-6-7-8-9-10-12(16)15-11(2)13(17)18-14(3,4)5/h11H,6-10H2,1-5H3,(H,15,16)/t11-/m1/s1. The maximum absolute atomic E-state index is 11.6. The van der Waals surface area contributed by atoms with E-state index in [-0.39, 0.29) is 11.9 Å². The number of amides is 1. The van der Waals surface area contributed by atoms with Gasteiger partial charge in [-0.25, -0.2) is 4.79 Å². The van der Waals surface area contributed by atoms with Gasteiger partial charge in [-0.2, -0.15) is 0 Å². The van der Waals surface area contributed by atoms with Crippen LogP contribution in [0.2, 0.25) is 0 Å². The largest absolute Gasteiger partial charge is 0.458 e. The number of ether oxygens (including phenoxy) is 1. The van der Waals surface area contributed by atoms with Crippen molar-refractivity contribution in [1.29, 1.82) is 0 Å². The van der Waals surface area contributed by atoms with Gasteiger partial charge in [-0.05, 0) is 34.1 Å². The molecule has 0 spiro atoms. The highest BCUT2D eigenvalue weighted by Gasteiger charge is 2.22. The minimum atomic E-state index is -0.581. The fourth-order valence-electron chi connectivity index (χ4n) is 1.48. The average molecular weight is 257 g/mol. The summed E-state index contributed by atoms with van der Waals surface area (Å²) >= 11 is 0. The second kappa shape index (κ2) is 8.11. The lowest BCUT2D eigenvalue weighted by Gasteiger charge is -2.22. The minimum absolute atomic E-state index is 0.0792. The summed E-state index contributed by atoms with van der Waals surface area (Å²) in [5.41, 5.74) is -0.517. The van der Waals surface area contributed by atoms with Crippen LogP contribution in [0.25, 0.3) is 0 Å². The van der Waals surface area contributed by atoms with Crippen molar-refractivity contribution >= 4 is 11.9 Å². The number of nitrogens with one attached hydrogen (secondary N) is 1. The van der Waals surface area contributed by atoms with E-state index in [4.69, 9.17) is 4.74 Å². The van der Waals surface area contributed by atoms with Gasteiger partial charge < -0.3 is 10.1 Å². The van der Waals surface area contributed by atoms with Gasteiger partial charge in [0.25, 0.3) is 0 Å². The Balaban J connectivity index is 3.89. The molecule has 0 radical (unpaired) electrons. The molecule has 0 fully saturated rings. The van der Waals surface area contributed by atoms with E-state index in [1.165, 1.54) is 0 Å². The first-order valence-electron chi connectivity index (χ1n) is 6.78. The predicted molar refractivity (Wildman–Crippen MR) is 72.2 cm³/mol. The van der Waals surface area contributed by atoms with Gasteiger partial charge >= 0.3 is 5.97 Å². The molecule has 0 saturated heterocycles. The zero-order chi connectivity index (χ0) is 14.2. The van der Waals surface area contributed by atoms with Gasteiger partial charge in [0.15, 0.2) is 0 Å². The molecule has 0 aliphatic heterocycles. The fourth-order valence-corrected chi connectivity index (χ4v) is 1.48. The summed E-state index contributed by atoms with van der Waals surface area (Å²) in [6.07, 6.45) is 4.71. The minimum Gasteiger partial charge on any atom is -0.458 e. The Kier molecular flexibility index (Phi) is 7.64. The lowest BCUT2D eigenvalue weighted by molar-refractivity contribution is -0.158. The van der Waals surface area contributed by atoms with E-state index in [0.717, 1.165) is 25.7 Å². The van der Waals surface area contributed by atoms with E-state index in [0.29, 0.717) is 6.42 Å². The SMILES string of the molecule is CCCCCCC(=O)N[C@H](C)C(=O)OC(C)(C)C. The molecule has 0 aliphatic rings. The molecule has 1 N–H and O–H groups in total. The van der Waals surface area contributed by atoms with Crippen molar-refractivity contribution in [2.24, 2.45) is 0 Å². The zero-order valence-electron chi connectivity index (χ0n) is 12.3. The summed E-state index contributed by atoms with van der Waals surface area (Å²) in [5, 5.41) is 2.67. The summed E-state index contributed by atoms with van der Waals surface area (Å²) in [7, 11) is 0. The van der Waals surface area contributed by atoms with Gasteiger partial charge in [-0.1, -0.05) is 26.2 Å². The first-order valence-corrected chi connectivity index (χ1v) is 6.78. The maximum Gasteiger partial charge on any atom is 0.328 e. The van der Waals surface area contributed by atoms with Gasteiger partial charge in [0.1, 0.15) is 11.6 Å². The second-order valence-electron chi connectivity index (χ2n) is 5.63. The Morgan fingerprint density at radius 2 is 1.78 bits per heavy atom. The lowest BCUT2D eigenvalue weighted by Crippen LogP contribution is -2.42. The predicted octanol–water partition coefficient (Wildman–Crippen LogP) is 2.80. The Hall–Kier alpha value is -1.06. The van der Waals surface area contributed by atoms with Crippen molar-refractivity contribution in [3.63, 3.8) is 0 Å². The summed E-state index contributed by atoms with van der Waals surface area (Å²) in [6, 6.07) is -0.581. The molecule has 0 unspecified atom stereocenters. The third kappa shape index (κ3) is 9.02. The Morgan fingerprint density at radius 3 is 2.28 bits per heavy atom. The molecule has 18 heavy (non-hydrogen) atoms. The highest BCUT2D eigenvalue weighted by Crippen LogP contribution is 2.08. The Bertz CT molecular complexity index is 269. The van der Waals surface area contributed by atoms with Crippen LogP contribution in [0.15, 0.2) is 0 Å². The van der Waals surface area contributed by atoms with Crippen molar-refractivity contribution < 1.29 is 14.3 Å². The quantitative estimate of drug-likeness (QED) is 0.563. The van der Waals surface area contributed by atoms with E-state index in [1.54, 1.807) is 6.92 Å². The van der Waals surface area contributed by atoms with Gasteiger partial charge in [-0.3, -0.25) is 4.79 Å². The van der Waals surface area contributed by atoms with Crippen molar-refractivity contribution in [3.05, 3.63) is 0 Å². The zero-order valence-corrected chi connectivity index (χ0v) is 12.3. The second-order valence-corrected chi connectivity index (χ2v) is 5.63. The maximum atomic E-state index is 11.6. The van der Waals surface area contributed by atoms with Crippen LogP contribution in [-0.2, 0) is 14.3 Å². The van der Waals surface area contributed by atoms with E-state index in [2.05, 4.69) is 12.2 Å². The fraction of sp³-hybridized carbons (Fsp3) is 0.857. The monoisotopic (exact) mass is 257 g/mol. The topological polar surface area (TPSA) is 55.4 Å². The molecule has 1 amide bonds. The smallest absolute Gasteiger partial charge is 0.328 e. The van der Waals surface area contributed by atoms with Crippen LogP contribution in [0.1, 0.15) is 66.7 Å². The number of hydrogen-bond donors (Lipinski definition) is 1. The van der Waals surface area contributed by atoms with Crippen molar-refractivity contribution in [2.45, 2.75) is 78.4 Å². The van der Waals surface area contributed by atoms with Crippen molar-refractivity contribution in [1.82, 2.24) is 5.32 Å². The molecule has 0 aromatic rings. The van der Waals surface area contributed by atoms with Crippen LogP contribution in [-0.4, -0.2) is 23.5 Å². The van der Waals surface area contributed by atoms with Crippen LogP contribution in [0.3, 0.4) is 0 Å². The van der Waals surface area contributed by atoms with E-state index < -0.39 is 11.6 Å². The number of esters is 1. The Labute approximate surface area is 110 Å². The highest BCUT2D eigenvalue weighted by atomic mass is 16.6. The normalized spacial score (nSPS) is 12.9. The molecular weight excluding hydrogens is 230 g/mol. The molecule has 1 atom stereocenters. The van der Waals surface area contributed by atoms with Crippen molar-refractivity contribution in [3.8, 4) is 0 Å². The molecule has 0 aromatic heterocycles. The lowest BCUT2D eigenvalue weighted by atomic mass is 10.1. The van der Waals surface area contributed by atoms with Crippen LogP contribution in [0, 0.1) is 0 Å². The van der Waals surface area contributed by atoms with Crippen LogP contribution in [0.4, 0.5) is 0 Å². The molecule has 4 nitrogen and oxygen atoms in total. The number of hydrogen-bond acceptors (Lipinski definition) is 3. The molecule has 0 aromatic carbocycles. The van der Waals surface area contributed by atoms with Crippen LogP contribution >= 0.6 is 0 Å². The van der Waals surface area contributed by atoms with Gasteiger partial charge in [0.05, 0.1) is 0 Å². The first-order chi connectivity index (χ1) is 8.26. The summed E-state index contributed by atoms with van der Waals surface area (Å²) in [5.74, 6) is -0.464. The van der Waals surface area contributed by atoms with Crippen LogP contribution < -0.4 is 5.32 Å². The number of carbonyl (C=O) groups is 2. The highest BCUT2D eigenvalue weighted by molar-refractivity contribution is 5.84. The molecule has 0 bridgehead atoms. The molecule has 0 heterocycles. The number of rotatable bonds is 7. The number of unbranched alkanes of at least 4 members (excludes halogenated alkanes) is 3. The average Bonchev–Trinajstić information content (AvgIpc) is 2.22. The molecule has 4 heteroatoms. The molecular formula is C14H27NO3. The summed E-state index contributed by atoms with van der Waals surface area (Å²) < 4.78 is 5.19. The third-order valence-electron chi connectivity index (χ3n) is 2.40. The van der Waals surface area contributed by atoms with E-state index in [9.17, 15) is 9.59 Å². The van der Waals surface area contributed by atoms with Crippen LogP contribution in [0.5, 0.6) is 0 Å². The Morgan fingerprint density at radius 1 is 1.17 bits per heavy atom. The van der Waals surface area contributed by atoms with E-state index >= 15 is 0 Å². The first kappa shape index (κ1) is 16.9. The number of carbonyl (C=O) groups excluding carboxylic acids is 2.